The molecule has 0 bridgehead atoms. The molecule has 23 heavy (non-hydrogen) atoms. The van der Waals surface area contributed by atoms with Gasteiger partial charge < -0.3 is 13.9 Å². The summed E-state index contributed by atoms with van der Waals surface area (Å²) in [7, 11) is 1.29. The molecule has 8 heteroatoms. The zero-order valence-corrected chi connectivity index (χ0v) is 12.7. The summed E-state index contributed by atoms with van der Waals surface area (Å²) < 4.78 is 16.7. The highest BCUT2D eigenvalue weighted by Crippen LogP contribution is 2.31. The van der Waals surface area contributed by atoms with Gasteiger partial charge in [0.05, 0.1) is 31.2 Å². The van der Waals surface area contributed by atoms with Gasteiger partial charge in [0.1, 0.15) is 12.4 Å². The molecule has 0 aliphatic heterocycles. The van der Waals surface area contributed by atoms with Crippen molar-refractivity contribution in [2.45, 2.75) is 37.8 Å². The quantitative estimate of drug-likeness (QED) is 0.795. The third-order valence-electron chi connectivity index (χ3n) is 3.93. The predicted octanol–water partition coefficient (Wildman–Crippen LogP) is 2.00. The van der Waals surface area contributed by atoms with Crippen LogP contribution in [0, 0.1) is 0 Å². The first kappa shape index (κ1) is 15.3. The summed E-state index contributed by atoms with van der Waals surface area (Å²) in [4.78, 5) is 23.6. The molecular formula is C15H17N3O5. The number of hydrogen-bond donors (Lipinski definition) is 0. The first-order chi connectivity index (χ1) is 11.2. The molecule has 1 aliphatic carbocycles. The number of methoxy groups -OCH3 is 1. The van der Waals surface area contributed by atoms with E-state index >= 15 is 0 Å². The lowest BCUT2D eigenvalue weighted by Crippen LogP contribution is -2.32. The fourth-order valence-electron chi connectivity index (χ4n) is 2.74. The Morgan fingerprint density at radius 1 is 1.30 bits per heavy atom. The van der Waals surface area contributed by atoms with Crippen LogP contribution < -0.4 is 0 Å². The number of nitrogens with zero attached hydrogens (tertiary/aromatic N) is 3. The van der Waals surface area contributed by atoms with Crippen molar-refractivity contribution in [3.8, 4) is 0 Å². The van der Waals surface area contributed by atoms with E-state index in [0.717, 1.165) is 25.7 Å². The number of esters is 2. The van der Waals surface area contributed by atoms with Gasteiger partial charge in [0.15, 0.2) is 5.69 Å². The van der Waals surface area contributed by atoms with Crippen molar-refractivity contribution < 1.29 is 23.5 Å². The van der Waals surface area contributed by atoms with E-state index < -0.39 is 11.9 Å². The van der Waals surface area contributed by atoms with Crippen molar-refractivity contribution in [1.29, 1.82) is 0 Å². The Balaban J connectivity index is 1.74. The normalized spacial score (nSPS) is 20.9. The second-order valence-corrected chi connectivity index (χ2v) is 5.38. The lowest BCUT2D eigenvalue weighted by Gasteiger charge is -2.30. The molecule has 0 spiro atoms. The fraction of sp³-hybridized carbons (Fsp3) is 0.467. The second kappa shape index (κ2) is 6.64. The minimum absolute atomic E-state index is 0.137. The van der Waals surface area contributed by atoms with Crippen molar-refractivity contribution in [3.05, 3.63) is 36.0 Å². The molecule has 0 unspecified atom stereocenters. The average Bonchev–Trinajstić information content (AvgIpc) is 3.26. The average molecular weight is 319 g/mol. The lowest BCUT2D eigenvalue weighted by molar-refractivity contribution is 0.00167. The highest BCUT2D eigenvalue weighted by molar-refractivity contribution is 5.89. The van der Waals surface area contributed by atoms with E-state index in [0.29, 0.717) is 5.56 Å². The van der Waals surface area contributed by atoms with Gasteiger partial charge in [-0.3, -0.25) is 0 Å². The molecule has 0 aromatic carbocycles. The molecule has 2 aromatic heterocycles. The molecule has 1 aliphatic rings. The lowest BCUT2D eigenvalue weighted by atomic mass is 9.92. The Bertz CT molecular complexity index is 679. The Kier molecular flexibility index (Phi) is 4.40. The maximum absolute atomic E-state index is 12.1. The maximum atomic E-state index is 12.1. The third kappa shape index (κ3) is 3.25. The number of aromatic nitrogens is 3. The van der Waals surface area contributed by atoms with Crippen LogP contribution in [-0.4, -0.2) is 40.1 Å². The van der Waals surface area contributed by atoms with Crippen LogP contribution in [0.5, 0.6) is 0 Å². The Labute approximate surface area is 132 Å². The summed E-state index contributed by atoms with van der Waals surface area (Å²) in [5, 5.41) is 7.79. The van der Waals surface area contributed by atoms with Gasteiger partial charge >= 0.3 is 11.9 Å². The largest absolute Gasteiger partial charge is 0.472 e. The van der Waals surface area contributed by atoms with Crippen LogP contribution in [0.3, 0.4) is 0 Å². The van der Waals surface area contributed by atoms with Gasteiger partial charge in [-0.15, -0.1) is 5.10 Å². The van der Waals surface area contributed by atoms with Crippen molar-refractivity contribution in [3.63, 3.8) is 0 Å². The van der Waals surface area contributed by atoms with Gasteiger partial charge in [-0.2, -0.15) is 0 Å². The molecule has 0 amide bonds. The first-order valence-corrected chi connectivity index (χ1v) is 7.42. The van der Waals surface area contributed by atoms with Crippen LogP contribution in [0.1, 0.15) is 52.6 Å². The van der Waals surface area contributed by atoms with E-state index in [1.807, 2.05) is 0 Å². The minimum Gasteiger partial charge on any atom is -0.472 e. The van der Waals surface area contributed by atoms with Crippen molar-refractivity contribution in [1.82, 2.24) is 15.0 Å². The van der Waals surface area contributed by atoms with Crippen molar-refractivity contribution in [2.75, 3.05) is 7.11 Å². The Hall–Kier alpha value is -2.64. The molecule has 0 saturated heterocycles. The number of carbonyl (C=O) groups is 2. The number of ether oxygens (including phenoxy) is 2. The standard InChI is InChI=1S/C15H17N3O5/c1-21-15(20)11-8-18(17-16-11)12-4-2-3-5-13(12)23-14(19)10-6-7-22-9-10/h6-9,12-13H,2-5H2,1H3/t12-,13-/m0/s1. The van der Waals surface area contributed by atoms with Gasteiger partial charge in [0, 0.05) is 0 Å². The van der Waals surface area contributed by atoms with E-state index in [9.17, 15) is 9.59 Å². The third-order valence-corrected chi connectivity index (χ3v) is 3.93. The molecule has 0 N–H and O–H groups in total. The zero-order chi connectivity index (χ0) is 16.2. The van der Waals surface area contributed by atoms with E-state index in [2.05, 4.69) is 15.0 Å². The molecule has 0 radical (unpaired) electrons. The van der Waals surface area contributed by atoms with E-state index in [-0.39, 0.29) is 17.8 Å². The van der Waals surface area contributed by atoms with Crippen LogP contribution in [0.2, 0.25) is 0 Å². The van der Waals surface area contributed by atoms with Gasteiger partial charge in [-0.1, -0.05) is 11.6 Å². The molecule has 8 nitrogen and oxygen atoms in total. The topological polar surface area (TPSA) is 96.5 Å². The van der Waals surface area contributed by atoms with Crippen molar-refractivity contribution in [2.24, 2.45) is 0 Å². The van der Waals surface area contributed by atoms with Gasteiger partial charge in [-0.05, 0) is 25.3 Å². The SMILES string of the molecule is COC(=O)c1cn([C@H]2CCCC[C@@H]2OC(=O)c2ccoc2)nn1. The predicted molar refractivity (Wildman–Crippen MR) is 76.8 cm³/mol. The van der Waals surface area contributed by atoms with Crippen LogP contribution in [0.4, 0.5) is 0 Å². The molecule has 3 rings (SSSR count). The maximum Gasteiger partial charge on any atom is 0.360 e. The summed E-state index contributed by atoms with van der Waals surface area (Å²) >= 11 is 0. The molecule has 1 fully saturated rings. The molecule has 2 aromatic rings. The zero-order valence-electron chi connectivity index (χ0n) is 12.7. The smallest absolute Gasteiger partial charge is 0.360 e. The fourth-order valence-corrected chi connectivity index (χ4v) is 2.74. The van der Waals surface area contributed by atoms with Crippen LogP contribution >= 0.6 is 0 Å². The molecular weight excluding hydrogens is 302 g/mol. The number of furan rings is 1. The molecule has 2 atom stereocenters. The number of hydrogen-bond acceptors (Lipinski definition) is 7. The monoisotopic (exact) mass is 319 g/mol. The van der Waals surface area contributed by atoms with E-state index in [4.69, 9.17) is 9.15 Å². The van der Waals surface area contributed by atoms with Crippen LogP contribution in [0.15, 0.2) is 29.2 Å². The Morgan fingerprint density at radius 2 is 2.13 bits per heavy atom. The molecule has 122 valence electrons. The summed E-state index contributed by atoms with van der Waals surface area (Å²) in [6.07, 6.45) is 7.49. The summed E-state index contributed by atoms with van der Waals surface area (Å²) in [6.45, 7) is 0. The molecule has 2 heterocycles. The van der Waals surface area contributed by atoms with Crippen LogP contribution in [-0.2, 0) is 9.47 Å². The number of rotatable bonds is 4. The highest BCUT2D eigenvalue weighted by atomic mass is 16.5. The van der Waals surface area contributed by atoms with Crippen molar-refractivity contribution >= 4 is 11.9 Å². The van der Waals surface area contributed by atoms with Gasteiger partial charge in [0.25, 0.3) is 0 Å². The second-order valence-electron chi connectivity index (χ2n) is 5.38. The summed E-state index contributed by atoms with van der Waals surface area (Å²) in [6, 6.07) is 1.41. The molecule has 1 saturated carbocycles. The highest BCUT2D eigenvalue weighted by Gasteiger charge is 2.31. The first-order valence-electron chi connectivity index (χ1n) is 7.42. The minimum atomic E-state index is -0.543. The van der Waals surface area contributed by atoms with Gasteiger partial charge in [-0.25, -0.2) is 14.3 Å². The van der Waals surface area contributed by atoms with Crippen LogP contribution in [0.25, 0.3) is 0 Å². The van der Waals surface area contributed by atoms with E-state index in [1.165, 1.54) is 25.8 Å². The van der Waals surface area contributed by atoms with E-state index in [1.54, 1.807) is 10.7 Å². The van der Waals surface area contributed by atoms with Gasteiger partial charge in [0.2, 0.25) is 0 Å². The number of carbonyl (C=O) groups excluding carboxylic acids is 2. The Morgan fingerprint density at radius 3 is 2.87 bits per heavy atom. The summed E-state index contributed by atoms with van der Waals surface area (Å²) in [5.41, 5.74) is 0.515. The summed E-state index contributed by atoms with van der Waals surface area (Å²) in [5.74, 6) is -0.969.